The number of anilines is 4. The molecule has 0 saturated heterocycles. The van der Waals surface area contributed by atoms with E-state index >= 15 is 0 Å². The first-order valence-electron chi connectivity index (χ1n) is 8.82. The summed E-state index contributed by atoms with van der Waals surface area (Å²) >= 11 is 6.40. The van der Waals surface area contributed by atoms with E-state index in [4.69, 9.17) is 26.2 Å². The standard InChI is InChI=1S/C19H15ClN6O4S/c20-14-4-5-15-18(30-11-29-15)17(14)26(9-7-21)16-6-8-23-19(25-16)24-12-2-1-3-13(10-12)31(22,27)28/h1-6,8,10H,9,11H2,(H2,22,27,28)(H,23,24,25). The number of hydrogen-bond donors (Lipinski definition) is 2. The van der Waals surface area contributed by atoms with Crippen LogP contribution < -0.4 is 24.8 Å². The fourth-order valence-electron chi connectivity index (χ4n) is 2.97. The Bertz CT molecular complexity index is 1290. The highest BCUT2D eigenvalue weighted by Gasteiger charge is 2.26. The third-order valence-electron chi connectivity index (χ3n) is 4.30. The summed E-state index contributed by atoms with van der Waals surface area (Å²) in [5, 5.41) is 17.8. The molecule has 1 aromatic heterocycles. The average Bonchev–Trinajstić information content (AvgIpc) is 3.21. The van der Waals surface area contributed by atoms with Crippen LogP contribution in [0, 0.1) is 11.3 Å². The minimum atomic E-state index is -3.86. The van der Waals surface area contributed by atoms with E-state index in [0.29, 0.717) is 33.7 Å². The molecule has 1 aliphatic rings. The molecule has 0 spiro atoms. The summed E-state index contributed by atoms with van der Waals surface area (Å²) < 4.78 is 34.1. The third-order valence-corrected chi connectivity index (χ3v) is 5.51. The summed E-state index contributed by atoms with van der Waals surface area (Å²) in [5.74, 6) is 1.46. The topological polar surface area (TPSA) is 143 Å². The van der Waals surface area contributed by atoms with Gasteiger partial charge in [-0.15, -0.1) is 0 Å². The Labute approximate surface area is 182 Å². The van der Waals surface area contributed by atoms with Crippen molar-refractivity contribution in [3.8, 4) is 17.6 Å². The molecular weight excluding hydrogens is 444 g/mol. The number of hydrogen-bond acceptors (Lipinski definition) is 9. The smallest absolute Gasteiger partial charge is 0.238 e. The third kappa shape index (κ3) is 4.31. The fourth-order valence-corrected chi connectivity index (χ4v) is 3.78. The van der Waals surface area contributed by atoms with Crippen LogP contribution in [0.4, 0.5) is 23.1 Å². The number of nitriles is 1. The zero-order valence-electron chi connectivity index (χ0n) is 15.8. The van der Waals surface area contributed by atoms with Gasteiger partial charge in [0.1, 0.15) is 18.1 Å². The van der Waals surface area contributed by atoms with Crippen LogP contribution in [0.3, 0.4) is 0 Å². The van der Waals surface area contributed by atoms with Crippen molar-refractivity contribution in [2.75, 3.05) is 23.6 Å². The molecule has 0 fully saturated rings. The largest absolute Gasteiger partial charge is 0.454 e. The second-order valence-corrected chi connectivity index (χ2v) is 8.28. The van der Waals surface area contributed by atoms with Gasteiger partial charge < -0.3 is 19.7 Å². The van der Waals surface area contributed by atoms with Crippen molar-refractivity contribution >= 4 is 44.8 Å². The molecule has 1 aliphatic heterocycles. The second-order valence-electron chi connectivity index (χ2n) is 6.31. The van der Waals surface area contributed by atoms with Crippen LogP contribution in [0.15, 0.2) is 53.6 Å². The van der Waals surface area contributed by atoms with Crippen LogP contribution in [0.2, 0.25) is 5.02 Å². The molecule has 4 rings (SSSR count). The first-order valence-corrected chi connectivity index (χ1v) is 10.7. The van der Waals surface area contributed by atoms with Gasteiger partial charge in [-0.2, -0.15) is 10.2 Å². The van der Waals surface area contributed by atoms with Gasteiger partial charge in [-0.25, -0.2) is 18.5 Å². The number of sulfonamides is 1. The molecular formula is C19H15ClN6O4S. The van der Waals surface area contributed by atoms with Gasteiger partial charge in [-0.05, 0) is 36.4 Å². The molecule has 0 amide bonds. The van der Waals surface area contributed by atoms with Crippen molar-refractivity contribution in [1.29, 1.82) is 5.26 Å². The number of aromatic nitrogens is 2. The Balaban J connectivity index is 1.70. The summed E-state index contributed by atoms with van der Waals surface area (Å²) in [6.45, 7) is -0.0308. The van der Waals surface area contributed by atoms with E-state index in [1.807, 2.05) is 0 Å². The van der Waals surface area contributed by atoms with Gasteiger partial charge in [0, 0.05) is 11.9 Å². The van der Waals surface area contributed by atoms with Gasteiger partial charge in [0.15, 0.2) is 11.5 Å². The minimum absolute atomic E-state index is 0.0417. The van der Waals surface area contributed by atoms with E-state index in [9.17, 15) is 13.7 Å². The number of fused-ring (bicyclic) bond motifs is 1. The highest BCUT2D eigenvalue weighted by molar-refractivity contribution is 7.89. The number of primary sulfonamides is 1. The normalized spacial score (nSPS) is 12.3. The van der Waals surface area contributed by atoms with Crippen molar-refractivity contribution in [2.24, 2.45) is 5.14 Å². The molecule has 2 aromatic carbocycles. The maximum atomic E-state index is 11.6. The number of benzene rings is 2. The van der Waals surface area contributed by atoms with Gasteiger partial charge in [-0.3, -0.25) is 0 Å². The van der Waals surface area contributed by atoms with Crippen LogP contribution in [0.5, 0.6) is 11.5 Å². The quantitative estimate of drug-likeness (QED) is 0.532. The Hall–Kier alpha value is -3.59. The number of halogens is 1. The Morgan fingerprint density at radius 1 is 1.26 bits per heavy atom. The van der Waals surface area contributed by atoms with Crippen LogP contribution in [0.1, 0.15) is 0 Å². The van der Waals surface area contributed by atoms with Gasteiger partial charge in [0.2, 0.25) is 22.8 Å². The molecule has 3 aromatic rings. The summed E-state index contributed by atoms with van der Waals surface area (Å²) in [6, 6.07) is 13.0. The van der Waals surface area contributed by atoms with E-state index in [0.717, 1.165) is 0 Å². The molecule has 0 unspecified atom stereocenters. The SMILES string of the molecule is N#CCN(c1ccnc(Nc2cccc(S(N)(=O)=O)c2)n1)c1c(Cl)ccc2c1OCO2. The number of rotatable bonds is 6. The first-order chi connectivity index (χ1) is 14.9. The lowest BCUT2D eigenvalue weighted by Crippen LogP contribution is -2.20. The molecule has 0 radical (unpaired) electrons. The number of ether oxygens (including phenoxy) is 2. The van der Waals surface area contributed by atoms with Crippen LogP contribution >= 0.6 is 11.6 Å². The second kappa shape index (κ2) is 8.27. The molecule has 158 valence electrons. The van der Waals surface area contributed by atoms with Gasteiger partial charge in [-0.1, -0.05) is 17.7 Å². The van der Waals surface area contributed by atoms with Crippen molar-refractivity contribution < 1.29 is 17.9 Å². The predicted molar refractivity (Wildman–Crippen MR) is 113 cm³/mol. The first kappa shape index (κ1) is 20.7. The zero-order valence-corrected chi connectivity index (χ0v) is 17.4. The van der Waals surface area contributed by atoms with E-state index in [2.05, 4.69) is 21.4 Å². The maximum absolute atomic E-state index is 11.6. The summed E-state index contributed by atoms with van der Waals surface area (Å²) in [6.07, 6.45) is 1.49. The van der Waals surface area contributed by atoms with Crippen molar-refractivity contribution in [3.05, 3.63) is 53.7 Å². The molecule has 10 nitrogen and oxygen atoms in total. The van der Waals surface area contributed by atoms with E-state index in [1.54, 1.807) is 29.2 Å². The van der Waals surface area contributed by atoms with Crippen molar-refractivity contribution in [1.82, 2.24) is 9.97 Å². The molecule has 0 aliphatic carbocycles. The van der Waals surface area contributed by atoms with Crippen LogP contribution in [0.25, 0.3) is 0 Å². The minimum Gasteiger partial charge on any atom is -0.454 e. The average molecular weight is 459 g/mol. The molecule has 2 heterocycles. The van der Waals surface area contributed by atoms with Gasteiger partial charge in [0.25, 0.3) is 0 Å². The van der Waals surface area contributed by atoms with E-state index in [1.165, 1.54) is 24.4 Å². The Morgan fingerprint density at radius 2 is 2.10 bits per heavy atom. The highest BCUT2D eigenvalue weighted by Crippen LogP contribution is 2.47. The Morgan fingerprint density at radius 3 is 2.87 bits per heavy atom. The molecule has 0 atom stereocenters. The fraction of sp³-hybridized carbons (Fsp3) is 0.105. The van der Waals surface area contributed by atoms with Gasteiger partial charge >= 0.3 is 0 Å². The Kier molecular flexibility index (Phi) is 5.51. The lowest BCUT2D eigenvalue weighted by atomic mass is 10.2. The summed E-state index contributed by atoms with van der Waals surface area (Å²) in [4.78, 5) is 10.1. The maximum Gasteiger partial charge on any atom is 0.238 e. The number of nitrogens with two attached hydrogens (primary N) is 1. The van der Waals surface area contributed by atoms with E-state index < -0.39 is 10.0 Å². The molecule has 0 bridgehead atoms. The predicted octanol–water partition coefficient (Wildman–Crippen LogP) is 2.91. The molecule has 3 N–H and O–H groups in total. The van der Waals surface area contributed by atoms with Crippen molar-refractivity contribution in [2.45, 2.75) is 4.90 Å². The monoisotopic (exact) mass is 458 g/mol. The lowest BCUT2D eigenvalue weighted by molar-refractivity contribution is 0.174. The molecule has 31 heavy (non-hydrogen) atoms. The van der Waals surface area contributed by atoms with E-state index in [-0.39, 0.29) is 24.2 Å². The summed E-state index contributed by atoms with van der Waals surface area (Å²) in [7, 11) is -3.86. The highest BCUT2D eigenvalue weighted by atomic mass is 35.5. The van der Waals surface area contributed by atoms with Crippen molar-refractivity contribution in [3.63, 3.8) is 0 Å². The molecule has 12 heteroatoms. The van der Waals surface area contributed by atoms with Crippen LogP contribution in [-0.4, -0.2) is 31.7 Å². The van der Waals surface area contributed by atoms with Crippen LogP contribution in [-0.2, 0) is 10.0 Å². The van der Waals surface area contributed by atoms with Gasteiger partial charge in [0.05, 0.1) is 16.0 Å². The number of nitrogens with zero attached hydrogens (tertiary/aromatic N) is 4. The zero-order chi connectivity index (χ0) is 22.0. The summed E-state index contributed by atoms with van der Waals surface area (Å²) in [5.41, 5.74) is 0.866. The molecule has 0 saturated carbocycles. The number of nitrogens with one attached hydrogen (secondary N) is 1. The lowest BCUT2D eigenvalue weighted by Gasteiger charge is -2.23.